The van der Waals surface area contributed by atoms with Crippen molar-refractivity contribution in [2.45, 2.75) is 31.7 Å². The summed E-state index contributed by atoms with van der Waals surface area (Å²) in [5.74, 6) is 2.23. The highest BCUT2D eigenvalue weighted by Crippen LogP contribution is 2.40. The number of benzene rings is 1. The van der Waals surface area contributed by atoms with E-state index in [1.807, 2.05) is 18.2 Å². The molecular formula is C13H14Cl2N2. The van der Waals surface area contributed by atoms with Gasteiger partial charge in [-0.15, -0.1) is 11.6 Å². The lowest BCUT2D eigenvalue weighted by Gasteiger charge is -2.35. The summed E-state index contributed by atoms with van der Waals surface area (Å²) in [6.07, 6.45) is 2.44. The standard InChI is InChI=1S/C13H14Cl2N2/c1-8-4-10(5-8)17-12-3-2-9(15)6-11(12)16-13(17)7-14/h2-3,6,8,10H,4-5,7H2,1H3. The van der Waals surface area contributed by atoms with Gasteiger partial charge in [0.15, 0.2) is 0 Å². The van der Waals surface area contributed by atoms with E-state index in [1.165, 1.54) is 12.8 Å². The van der Waals surface area contributed by atoms with Crippen molar-refractivity contribution in [2.24, 2.45) is 5.92 Å². The Labute approximate surface area is 111 Å². The highest BCUT2D eigenvalue weighted by molar-refractivity contribution is 6.31. The fourth-order valence-electron chi connectivity index (χ4n) is 2.69. The van der Waals surface area contributed by atoms with Crippen molar-refractivity contribution in [3.63, 3.8) is 0 Å². The number of aromatic nitrogens is 2. The van der Waals surface area contributed by atoms with Crippen LogP contribution in [0.3, 0.4) is 0 Å². The normalized spacial score (nSPS) is 23.9. The van der Waals surface area contributed by atoms with Crippen LogP contribution in [0.2, 0.25) is 5.02 Å². The molecule has 1 heterocycles. The molecule has 0 aliphatic heterocycles. The summed E-state index contributed by atoms with van der Waals surface area (Å²) in [6.45, 7) is 2.28. The SMILES string of the molecule is CC1CC(n2c(CCl)nc3cc(Cl)ccc32)C1. The molecule has 0 bridgehead atoms. The third-order valence-electron chi connectivity index (χ3n) is 3.56. The molecule has 0 amide bonds. The predicted molar refractivity (Wildman–Crippen MR) is 71.7 cm³/mol. The van der Waals surface area contributed by atoms with E-state index in [-0.39, 0.29) is 0 Å². The number of rotatable bonds is 2. The van der Waals surface area contributed by atoms with Crippen molar-refractivity contribution in [1.29, 1.82) is 0 Å². The topological polar surface area (TPSA) is 17.8 Å². The Bertz CT molecular complexity index is 556. The second-order valence-corrected chi connectivity index (χ2v) is 5.60. The zero-order valence-corrected chi connectivity index (χ0v) is 11.2. The minimum absolute atomic E-state index is 0.456. The first-order valence-corrected chi connectivity index (χ1v) is 6.82. The summed E-state index contributed by atoms with van der Waals surface area (Å²) in [7, 11) is 0. The Morgan fingerprint density at radius 2 is 2.18 bits per heavy atom. The minimum atomic E-state index is 0.456. The lowest BCUT2D eigenvalue weighted by Crippen LogP contribution is -2.25. The molecule has 1 aromatic carbocycles. The van der Waals surface area contributed by atoms with E-state index in [0.29, 0.717) is 11.9 Å². The summed E-state index contributed by atoms with van der Waals surface area (Å²) in [6, 6.07) is 6.43. The van der Waals surface area contributed by atoms with Crippen LogP contribution in [0.4, 0.5) is 0 Å². The van der Waals surface area contributed by atoms with Crippen LogP contribution in [0, 0.1) is 5.92 Å². The Kier molecular flexibility index (Phi) is 2.80. The van der Waals surface area contributed by atoms with Crippen molar-refractivity contribution in [1.82, 2.24) is 9.55 Å². The first-order valence-electron chi connectivity index (χ1n) is 5.91. The summed E-state index contributed by atoms with van der Waals surface area (Å²) in [5.41, 5.74) is 2.11. The van der Waals surface area contributed by atoms with Crippen molar-refractivity contribution in [2.75, 3.05) is 0 Å². The second kappa shape index (κ2) is 4.18. The summed E-state index contributed by atoms with van der Waals surface area (Å²) >= 11 is 12.0. The summed E-state index contributed by atoms with van der Waals surface area (Å²) < 4.78 is 2.29. The van der Waals surface area contributed by atoms with E-state index in [4.69, 9.17) is 23.2 Å². The average Bonchev–Trinajstić information content (AvgIpc) is 2.62. The Hall–Kier alpha value is -0.730. The number of hydrogen-bond acceptors (Lipinski definition) is 1. The molecule has 2 nitrogen and oxygen atoms in total. The summed E-state index contributed by atoms with van der Waals surface area (Å²) in [4.78, 5) is 4.57. The van der Waals surface area contributed by atoms with Gasteiger partial charge in [-0.3, -0.25) is 0 Å². The fourth-order valence-corrected chi connectivity index (χ4v) is 3.05. The lowest BCUT2D eigenvalue weighted by molar-refractivity contribution is 0.217. The maximum atomic E-state index is 5.99. The van der Waals surface area contributed by atoms with Gasteiger partial charge >= 0.3 is 0 Å². The van der Waals surface area contributed by atoms with Gasteiger partial charge in [0.2, 0.25) is 0 Å². The van der Waals surface area contributed by atoms with E-state index in [1.54, 1.807) is 0 Å². The van der Waals surface area contributed by atoms with Gasteiger partial charge in [-0.2, -0.15) is 0 Å². The highest BCUT2D eigenvalue weighted by atomic mass is 35.5. The molecule has 1 saturated carbocycles. The second-order valence-electron chi connectivity index (χ2n) is 4.90. The molecule has 0 atom stereocenters. The molecule has 1 aromatic heterocycles. The maximum Gasteiger partial charge on any atom is 0.125 e. The fraction of sp³-hybridized carbons (Fsp3) is 0.462. The Morgan fingerprint density at radius 3 is 2.82 bits per heavy atom. The number of hydrogen-bond donors (Lipinski definition) is 0. The first-order chi connectivity index (χ1) is 8.19. The van der Waals surface area contributed by atoms with Gasteiger partial charge < -0.3 is 4.57 Å². The third kappa shape index (κ3) is 1.84. The van der Waals surface area contributed by atoms with E-state index in [2.05, 4.69) is 16.5 Å². The molecule has 4 heteroatoms. The van der Waals surface area contributed by atoms with Crippen molar-refractivity contribution >= 4 is 34.2 Å². The number of fused-ring (bicyclic) bond motifs is 1. The molecule has 17 heavy (non-hydrogen) atoms. The smallest absolute Gasteiger partial charge is 0.125 e. The number of alkyl halides is 1. The van der Waals surface area contributed by atoms with Crippen LogP contribution in [-0.2, 0) is 5.88 Å². The zero-order valence-electron chi connectivity index (χ0n) is 9.66. The average molecular weight is 269 g/mol. The van der Waals surface area contributed by atoms with Crippen LogP contribution >= 0.6 is 23.2 Å². The molecule has 0 unspecified atom stereocenters. The molecule has 0 spiro atoms. The van der Waals surface area contributed by atoms with Crippen molar-refractivity contribution in [3.8, 4) is 0 Å². The van der Waals surface area contributed by atoms with Crippen LogP contribution in [0.25, 0.3) is 11.0 Å². The quantitative estimate of drug-likeness (QED) is 0.739. The molecule has 2 aromatic rings. The van der Waals surface area contributed by atoms with Crippen LogP contribution in [0.15, 0.2) is 18.2 Å². The Balaban J connectivity index is 2.13. The van der Waals surface area contributed by atoms with Gasteiger partial charge in [-0.1, -0.05) is 18.5 Å². The van der Waals surface area contributed by atoms with E-state index in [9.17, 15) is 0 Å². The summed E-state index contributed by atoms with van der Waals surface area (Å²) in [5, 5.41) is 0.727. The largest absolute Gasteiger partial charge is 0.324 e. The number of nitrogens with zero attached hydrogens (tertiary/aromatic N) is 2. The van der Waals surface area contributed by atoms with Crippen molar-refractivity contribution < 1.29 is 0 Å². The van der Waals surface area contributed by atoms with Gasteiger partial charge in [0.05, 0.1) is 16.9 Å². The molecule has 1 aliphatic carbocycles. The lowest BCUT2D eigenvalue weighted by atomic mass is 9.81. The van der Waals surface area contributed by atoms with Crippen LogP contribution in [-0.4, -0.2) is 9.55 Å². The van der Waals surface area contributed by atoms with Gasteiger partial charge in [0, 0.05) is 11.1 Å². The Morgan fingerprint density at radius 1 is 1.41 bits per heavy atom. The van der Waals surface area contributed by atoms with Crippen LogP contribution in [0.5, 0.6) is 0 Å². The van der Waals surface area contributed by atoms with Gasteiger partial charge in [-0.05, 0) is 37.0 Å². The van der Waals surface area contributed by atoms with E-state index in [0.717, 1.165) is 27.8 Å². The number of halogens is 2. The molecule has 0 saturated heterocycles. The van der Waals surface area contributed by atoms with Gasteiger partial charge in [-0.25, -0.2) is 4.98 Å². The minimum Gasteiger partial charge on any atom is -0.324 e. The maximum absolute atomic E-state index is 5.99. The van der Waals surface area contributed by atoms with Crippen molar-refractivity contribution in [3.05, 3.63) is 29.0 Å². The van der Waals surface area contributed by atoms with Gasteiger partial charge in [0.1, 0.15) is 5.82 Å². The predicted octanol–water partition coefficient (Wildman–Crippen LogP) is 4.40. The first kappa shape index (κ1) is 11.4. The molecule has 3 rings (SSSR count). The highest BCUT2D eigenvalue weighted by Gasteiger charge is 2.29. The van der Waals surface area contributed by atoms with Crippen LogP contribution in [0.1, 0.15) is 31.6 Å². The number of imidazole rings is 1. The monoisotopic (exact) mass is 268 g/mol. The zero-order chi connectivity index (χ0) is 12.0. The van der Waals surface area contributed by atoms with E-state index < -0.39 is 0 Å². The van der Waals surface area contributed by atoms with Gasteiger partial charge in [0.25, 0.3) is 0 Å². The molecule has 1 aliphatic rings. The van der Waals surface area contributed by atoms with E-state index >= 15 is 0 Å². The molecule has 0 radical (unpaired) electrons. The van der Waals surface area contributed by atoms with Crippen LogP contribution < -0.4 is 0 Å². The third-order valence-corrected chi connectivity index (χ3v) is 4.03. The molecule has 0 N–H and O–H groups in total. The molecular weight excluding hydrogens is 255 g/mol. The molecule has 90 valence electrons. The molecule has 1 fully saturated rings.